The van der Waals surface area contributed by atoms with E-state index in [1.165, 1.54) is 4.90 Å². The molecular weight excluding hydrogens is 408 g/mol. The molecule has 32 heavy (non-hydrogen) atoms. The number of carboxylic acid groups (broad SMARTS) is 1. The molecule has 2 saturated heterocycles. The Labute approximate surface area is 191 Å². The summed E-state index contributed by atoms with van der Waals surface area (Å²) in [6.07, 6.45) is 1.73. The number of nitrogens with one attached hydrogen (secondary N) is 2. The second kappa shape index (κ2) is 11.4. The number of hydrogen-bond acceptors (Lipinski definition) is 5. The number of piperazine rings is 1. The van der Waals surface area contributed by atoms with Gasteiger partial charge in [-0.15, -0.1) is 0 Å². The van der Waals surface area contributed by atoms with Crippen LogP contribution in [0.25, 0.3) is 0 Å². The lowest BCUT2D eigenvalue weighted by molar-refractivity contribution is -0.901. The maximum atomic E-state index is 12.5. The topological polar surface area (TPSA) is 89.4 Å². The van der Waals surface area contributed by atoms with Gasteiger partial charge in [0.05, 0.1) is 45.5 Å². The van der Waals surface area contributed by atoms with Gasteiger partial charge in [0, 0.05) is 31.5 Å². The molecule has 0 unspecified atom stereocenters. The number of para-hydroxylation sites is 2. The lowest BCUT2D eigenvalue weighted by Gasteiger charge is -2.40. The lowest BCUT2D eigenvalue weighted by Crippen LogP contribution is -3.15. The summed E-state index contributed by atoms with van der Waals surface area (Å²) in [5.74, 6) is 0.192. The summed E-state index contributed by atoms with van der Waals surface area (Å²) in [4.78, 5) is 29.5. The monoisotopic (exact) mass is 446 g/mol. The van der Waals surface area contributed by atoms with Crippen molar-refractivity contribution in [3.8, 4) is 5.75 Å². The summed E-state index contributed by atoms with van der Waals surface area (Å²) < 4.78 is 5.51. The van der Waals surface area contributed by atoms with Crippen molar-refractivity contribution in [1.29, 1.82) is 0 Å². The molecule has 3 rings (SSSR count). The van der Waals surface area contributed by atoms with Crippen molar-refractivity contribution < 1.29 is 24.3 Å². The molecule has 178 valence electrons. The number of carbonyl (C=O) groups is 2. The molecule has 8 heteroatoms. The molecule has 1 aromatic rings. The minimum atomic E-state index is -0.988. The first-order valence-corrected chi connectivity index (χ1v) is 11.8. The fourth-order valence-electron chi connectivity index (χ4n) is 5.01. The van der Waals surface area contributed by atoms with E-state index in [2.05, 4.69) is 16.3 Å². The largest absolute Gasteiger partial charge is 0.550 e. The molecule has 2 aliphatic heterocycles. The average molecular weight is 447 g/mol. The Hall–Kier alpha value is -2.48. The number of urea groups is 1. The molecule has 1 aromatic carbocycles. The van der Waals surface area contributed by atoms with E-state index < -0.39 is 5.97 Å². The van der Waals surface area contributed by atoms with Gasteiger partial charge in [0.1, 0.15) is 5.75 Å². The molecule has 0 aliphatic carbocycles. The first-order valence-electron chi connectivity index (χ1n) is 11.8. The van der Waals surface area contributed by atoms with Crippen molar-refractivity contribution in [2.45, 2.75) is 39.2 Å². The second-order valence-electron chi connectivity index (χ2n) is 9.38. The van der Waals surface area contributed by atoms with Crippen molar-refractivity contribution in [3.05, 3.63) is 24.3 Å². The van der Waals surface area contributed by atoms with Gasteiger partial charge in [0.15, 0.2) is 0 Å². The Bertz CT molecular complexity index is 764. The molecule has 2 N–H and O–H groups in total. The number of anilines is 1. The van der Waals surface area contributed by atoms with Crippen LogP contribution in [0, 0.1) is 11.8 Å². The average Bonchev–Trinajstić information content (AvgIpc) is 2.78. The van der Waals surface area contributed by atoms with E-state index >= 15 is 0 Å². The predicted octanol–water partition coefficient (Wildman–Crippen LogP) is -0.0137. The minimum absolute atomic E-state index is 0.0466. The quantitative estimate of drug-likeness (QED) is 0.586. The molecule has 2 heterocycles. The molecule has 2 amide bonds. The van der Waals surface area contributed by atoms with E-state index in [0.717, 1.165) is 57.0 Å². The molecular formula is C24H38N4O4. The van der Waals surface area contributed by atoms with Gasteiger partial charge in [0.2, 0.25) is 0 Å². The smallest absolute Gasteiger partial charge is 0.317 e. The summed E-state index contributed by atoms with van der Waals surface area (Å²) in [6, 6.07) is 8.17. The van der Waals surface area contributed by atoms with Crippen molar-refractivity contribution in [2.75, 3.05) is 57.8 Å². The van der Waals surface area contributed by atoms with Crippen molar-refractivity contribution in [1.82, 2.24) is 10.2 Å². The number of ether oxygens (including phenoxy) is 1. The van der Waals surface area contributed by atoms with Gasteiger partial charge in [-0.2, -0.15) is 0 Å². The third-order valence-corrected chi connectivity index (χ3v) is 6.78. The van der Waals surface area contributed by atoms with Gasteiger partial charge < -0.3 is 34.7 Å². The number of aliphatic carboxylic acids is 1. The number of piperidine rings is 1. The Morgan fingerprint density at radius 3 is 2.56 bits per heavy atom. The van der Waals surface area contributed by atoms with Crippen LogP contribution >= 0.6 is 0 Å². The number of amides is 2. The third kappa shape index (κ3) is 6.51. The third-order valence-electron chi connectivity index (χ3n) is 6.78. The molecule has 0 bridgehead atoms. The Balaban J connectivity index is 1.53. The zero-order valence-corrected chi connectivity index (χ0v) is 19.6. The standard InChI is InChI=1S/C24H38N4O4/c1-18(2)25-24(31)28-11-9-19(16-23(29)30)20(17-28)8-10-26-12-14-27(15-13-26)21-6-4-5-7-22(21)32-3/h4-7,18-20H,8-17H2,1-3H3,(H,25,31)(H,29,30)/t19-,20-/m0/s1. The number of benzene rings is 1. The first-order chi connectivity index (χ1) is 15.4. The van der Waals surface area contributed by atoms with Gasteiger partial charge in [-0.25, -0.2) is 4.79 Å². The zero-order chi connectivity index (χ0) is 23.1. The fraction of sp³-hybridized carbons (Fsp3) is 0.667. The van der Waals surface area contributed by atoms with Crippen LogP contribution in [0.3, 0.4) is 0 Å². The molecule has 0 spiro atoms. The summed E-state index contributed by atoms with van der Waals surface area (Å²) in [6.45, 7) is 10.1. The number of carbonyl (C=O) groups excluding carboxylic acids is 2. The molecule has 8 nitrogen and oxygen atoms in total. The SMILES string of the molecule is COc1ccccc1N1CC[NH+](CC[C@H]2CN(C(=O)NC(C)C)CC[C@H]2CC(=O)[O-])CC1. The Morgan fingerprint density at radius 1 is 1.19 bits per heavy atom. The van der Waals surface area contributed by atoms with E-state index in [-0.39, 0.29) is 30.3 Å². The number of nitrogens with zero attached hydrogens (tertiary/aromatic N) is 2. The van der Waals surface area contributed by atoms with Crippen molar-refractivity contribution >= 4 is 17.7 Å². The van der Waals surface area contributed by atoms with Crippen LogP contribution in [0.15, 0.2) is 24.3 Å². The number of likely N-dealkylation sites (tertiary alicyclic amines) is 1. The van der Waals surface area contributed by atoms with Gasteiger partial charge in [-0.1, -0.05) is 12.1 Å². The first kappa shape index (κ1) is 24.2. The Kier molecular flexibility index (Phi) is 8.61. The molecule has 2 fully saturated rings. The highest BCUT2D eigenvalue weighted by Gasteiger charge is 2.33. The van der Waals surface area contributed by atoms with E-state index in [1.807, 2.05) is 36.9 Å². The molecule has 0 saturated carbocycles. The molecule has 0 radical (unpaired) electrons. The lowest BCUT2D eigenvalue weighted by atomic mass is 9.81. The van der Waals surface area contributed by atoms with Crippen LogP contribution in [0.4, 0.5) is 10.5 Å². The van der Waals surface area contributed by atoms with Crippen LogP contribution in [-0.2, 0) is 4.79 Å². The van der Waals surface area contributed by atoms with Crippen LogP contribution in [-0.4, -0.2) is 75.9 Å². The van der Waals surface area contributed by atoms with Gasteiger partial charge in [-0.3, -0.25) is 0 Å². The zero-order valence-electron chi connectivity index (χ0n) is 19.6. The maximum Gasteiger partial charge on any atom is 0.317 e. The number of methoxy groups -OCH3 is 1. The number of carboxylic acids is 1. The number of quaternary nitrogens is 1. The fourth-order valence-corrected chi connectivity index (χ4v) is 5.01. The molecule has 2 aliphatic rings. The van der Waals surface area contributed by atoms with Gasteiger partial charge >= 0.3 is 6.03 Å². The van der Waals surface area contributed by atoms with Crippen molar-refractivity contribution in [2.24, 2.45) is 11.8 Å². The Morgan fingerprint density at radius 2 is 1.91 bits per heavy atom. The van der Waals surface area contributed by atoms with E-state index in [1.54, 1.807) is 7.11 Å². The van der Waals surface area contributed by atoms with E-state index in [0.29, 0.717) is 13.1 Å². The number of rotatable bonds is 8. The van der Waals surface area contributed by atoms with Gasteiger partial charge in [0.25, 0.3) is 0 Å². The highest BCUT2D eigenvalue weighted by molar-refractivity contribution is 5.74. The highest BCUT2D eigenvalue weighted by Crippen LogP contribution is 2.29. The highest BCUT2D eigenvalue weighted by atomic mass is 16.5. The van der Waals surface area contributed by atoms with Crippen LogP contribution in [0.5, 0.6) is 5.75 Å². The van der Waals surface area contributed by atoms with E-state index in [9.17, 15) is 14.7 Å². The summed E-state index contributed by atoms with van der Waals surface area (Å²) >= 11 is 0. The number of hydrogen-bond donors (Lipinski definition) is 2. The summed E-state index contributed by atoms with van der Waals surface area (Å²) in [5, 5.41) is 14.2. The summed E-state index contributed by atoms with van der Waals surface area (Å²) in [7, 11) is 1.71. The van der Waals surface area contributed by atoms with Crippen LogP contribution < -0.4 is 25.0 Å². The molecule has 2 atom stereocenters. The minimum Gasteiger partial charge on any atom is -0.550 e. The van der Waals surface area contributed by atoms with Crippen molar-refractivity contribution in [3.63, 3.8) is 0 Å². The van der Waals surface area contributed by atoms with Gasteiger partial charge in [-0.05, 0) is 50.7 Å². The summed E-state index contributed by atoms with van der Waals surface area (Å²) in [5.41, 5.74) is 1.14. The molecule has 0 aromatic heterocycles. The maximum absolute atomic E-state index is 12.5. The predicted molar refractivity (Wildman–Crippen MR) is 122 cm³/mol. The van der Waals surface area contributed by atoms with Crippen LogP contribution in [0.2, 0.25) is 0 Å². The van der Waals surface area contributed by atoms with Crippen LogP contribution in [0.1, 0.15) is 33.1 Å². The second-order valence-corrected chi connectivity index (χ2v) is 9.38. The normalized spacial score (nSPS) is 22.1. The van der Waals surface area contributed by atoms with E-state index in [4.69, 9.17) is 4.74 Å².